The Morgan fingerprint density at radius 2 is 1.89 bits per heavy atom. The Morgan fingerprint density at radius 1 is 1.11 bits per heavy atom. The SMILES string of the molecule is N#Cc1c(Oc2ccc(Cl)cc2Cl)ccnc1Cl. The fourth-order valence-electron chi connectivity index (χ4n) is 1.28. The molecule has 90 valence electrons. The average molecular weight is 300 g/mol. The van der Waals surface area contributed by atoms with E-state index in [0.29, 0.717) is 21.5 Å². The van der Waals surface area contributed by atoms with E-state index in [0.717, 1.165) is 0 Å². The van der Waals surface area contributed by atoms with Gasteiger partial charge in [-0.3, -0.25) is 0 Å². The molecule has 0 spiro atoms. The molecule has 0 aliphatic carbocycles. The van der Waals surface area contributed by atoms with Crippen molar-refractivity contribution in [2.75, 3.05) is 0 Å². The summed E-state index contributed by atoms with van der Waals surface area (Å²) < 4.78 is 5.53. The van der Waals surface area contributed by atoms with Gasteiger partial charge < -0.3 is 4.74 Å². The molecular formula is C12H5Cl3N2O. The number of halogens is 3. The maximum Gasteiger partial charge on any atom is 0.150 e. The molecule has 0 unspecified atom stereocenters. The zero-order valence-corrected chi connectivity index (χ0v) is 11.1. The van der Waals surface area contributed by atoms with E-state index in [-0.39, 0.29) is 10.7 Å². The van der Waals surface area contributed by atoms with Gasteiger partial charge >= 0.3 is 0 Å². The van der Waals surface area contributed by atoms with Crippen LogP contribution in [0.15, 0.2) is 30.5 Å². The van der Waals surface area contributed by atoms with Crippen LogP contribution in [0.2, 0.25) is 15.2 Å². The van der Waals surface area contributed by atoms with Gasteiger partial charge in [-0.2, -0.15) is 5.26 Å². The second-order valence-electron chi connectivity index (χ2n) is 3.26. The Kier molecular flexibility index (Phi) is 3.93. The van der Waals surface area contributed by atoms with Crippen LogP contribution in [0.25, 0.3) is 0 Å². The molecule has 2 rings (SSSR count). The van der Waals surface area contributed by atoms with E-state index in [2.05, 4.69) is 4.98 Å². The summed E-state index contributed by atoms with van der Waals surface area (Å²) in [5.41, 5.74) is 0.158. The van der Waals surface area contributed by atoms with E-state index in [1.54, 1.807) is 18.2 Å². The molecule has 1 aromatic heterocycles. The lowest BCUT2D eigenvalue weighted by Crippen LogP contribution is -1.91. The largest absolute Gasteiger partial charge is 0.454 e. The van der Waals surface area contributed by atoms with Gasteiger partial charge in [0.05, 0.1) is 5.02 Å². The van der Waals surface area contributed by atoms with Crippen LogP contribution < -0.4 is 4.74 Å². The predicted molar refractivity (Wildman–Crippen MR) is 70.5 cm³/mol. The standard InChI is InChI=1S/C12H5Cl3N2O/c13-7-1-2-11(9(14)5-7)18-10-3-4-17-12(15)8(10)6-16/h1-5H. The van der Waals surface area contributed by atoms with Gasteiger partial charge in [0.1, 0.15) is 23.1 Å². The molecule has 2 aromatic rings. The van der Waals surface area contributed by atoms with Gasteiger partial charge in [-0.1, -0.05) is 34.8 Å². The molecule has 0 fully saturated rings. The summed E-state index contributed by atoms with van der Waals surface area (Å²) >= 11 is 17.5. The summed E-state index contributed by atoms with van der Waals surface area (Å²) in [6.45, 7) is 0. The number of aromatic nitrogens is 1. The molecule has 0 aliphatic rings. The third kappa shape index (κ3) is 2.68. The molecule has 0 saturated carbocycles. The zero-order valence-electron chi connectivity index (χ0n) is 8.82. The molecule has 0 aliphatic heterocycles. The Hall–Kier alpha value is -1.47. The van der Waals surface area contributed by atoms with Crippen molar-refractivity contribution in [1.82, 2.24) is 4.98 Å². The van der Waals surface area contributed by atoms with E-state index < -0.39 is 0 Å². The Bertz CT molecular complexity index is 638. The Labute approximate surface area is 118 Å². The summed E-state index contributed by atoms with van der Waals surface area (Å²) in [5.74, 6) is 0.682. The lowest BCUT2D eigenvalue weighted by molar-refractivity contribution is 0.480. The van der Waals surface area contributed by atoms with Gasteiger partial charge in [-0.05, 0) is 18.2 Å². The molecule has 0 bridgehead atoms. The lowest BCUT2D eigenvalue weighted by atomic mass is 10.3. The van der Waals surface area contributed by atoms with Crippen LogP contribution in [0.3, 0.4) is 0 Å². The molecule has 0 atom stereocenters. The minimum Gasteiger partial charge on any atom is -0.454 e. The van der Waals surface area contributed by atoms with Crippen molar-refractivity contribution >= 4 is 34.8 Å². The molecule has 1 heterocycles. The number of rotatable bonds is 2. The van der Waals surface area contributed by atoms with Crippen molar-refractivity contribution in [3.05, 3.63) is 51.2 Å². The van der Waals surface area contributed by atoms with Crippen molar-refractivity contribution in [2.45, 2.75) is 0 Å². The van der Waals surface area contributed by atoms with Gasteiger partial charge in [0.25, 0.3) is 0 Å². The number of ether oxygens (including phenoxy) is 1. The fraction of sp³-hybridized carbons (Fsp3) is 0. The maximum atomic E-state index is 8.98. The number of nitriles is 1. The van der Waals surface area contributed by atoms with Crippen LogP contribution >= 0.6 is 34.8 Å². The first-order valence-corrected chi connectivity index (χ1v) is 5.92. The number of hydrogen-bond acceptors (Lipinski definition) is 3. The molecular weight excluding hydrogens is 295 g/mol. The van der Waals surface area contributed by atoms with Crippen LogP contribution in [0.1, 0.15) is 5.56 Å². The number of benzene rings is 1. The van der Waals surface area contributed by atoms with Crippen molar-refractivity contribution in [3.8, 4) is 17.6 Å². The third-order valence-electron chi connectivity index (χ3n) is 2.09. The summed E-state index contributed by atoms with van der Waals surface area (Å²) in [5, 5.41) is 9.91. The number of pyridine rings is 1. The van der Waals surface area contributed by atoms with Gasteiger partial charge in [0, 0.05) is 17.3 Å². The van der Waals surface area contributed by atoms with E-state index in [4.69, 9.17) is 44.8 Å². The van der Waals surface area contributed by atoms with Crippen LogP contribution in [0.5, 0.6) is 11.5 Å². The van der Waals surface area contributed by atoms with Crippen molar-refractivity contribution in [1.29, 1.82) is 5.26 Å². The topological polar surface area (TPSA) is 45.9 Å². The minimum absolute atomic E-state index is 0.0834. The van der Waals surface area contributed by atoms with E-state index >= 15 is 0 Å². The third-order valence-corrected chi connectivity index (χ3v) is 2.91. The zero-order chi connectivity index (χ0) is 13.1. The molecule has 0 radical (unpaired) electrons. The Balaban J connectivity index is 2.41. The monoisotopic (exact) mass is 298 g/mol. The van der Waals surface area contributed by atoms with E-state index in [1.807, 2.05) is 6.07 Å². The Morgan fingerprint density at radius 3 is 2.56 bits per heavy atom. The minimum atomic E-state index is 0.0834. The average Bonchev–Trinajstić information content (AvgIpc) is 2.33. The van der Waals surface area contributed by atoms with Crippen LogP contribution in [0.4, 0.5) is 0 Å². The molecule has 6 heteroatoms. The highest BCUT2D eigenvalue weighted by molar-refractivity contribution is 6.35. The summed E-state index contributed by atoms with van der Waals surface area (Å²) in [7, 11) is 0. The van der Waals surface area contributed by atoms with Gasteiger partial charge in [-0.15, -0.1) is 0 Å². The molecule has 0 saturated heterocycles. The van der Waals surface area contributed by atoms with Crippen LogP contribution in [-0.4, -0.2) is 4.98 Å². The first kappa shape index (κ1) is 13.0. The van der Waals surface area contributed by atoms with Gasteiger partial charge in [0.15, 0.2) is 5.15 Å². The highest BCUT2D eigenvalue weighted by Gasteiger charge is 2.11. The second-order valence-corrected chi connectivity index (χ2v) is 4.47. The van der Waals surface area contributed by atoms with E-state index in [1.165, 1.54) is 12.3 Å². The fourth-order valence-corrected chi connectivity index (χ4v) is 1.92. The molecule has 3 nitrogen and oxygen atoms in total. The first-order chi connectivity index (χ1) is 8.61. The second kappa shape index (κ2) is 5.45. The van der Waals surface area contributed by atoms with Crippen molar-refractivity contribution in [3.63, 3.8) is 0 Å². The highest BCUT2D eigenvalue weighted by Crippen LogP contribution is 2.34. The maximum absolute atomic E-state index is 8.98. The summed E-state index contributed by atoms with van der Waals surface area (Å²) in [6.07, 6.45) is 1.45. The molecule has 0 N–H and O–H groups in total. The number of nitrogens with zero attached hydrogens (tertiary/aromatic N) is 2. The van der Waals surface area contributed by atoms with Gasteiger partial charge in [-0.25, -0.2) is 4.98 Å². The van der Waals surface area contributed by atoms with Crippen molar-refractivity contribution < 1.29 is 4.74 Å². The molecule has 1 aromatic carbocycles. The normalized spacial score (nSPS) is 9.89. The highest BCUT2D eigenvalue weighted by atomic mass is 35.5. The lowest BCUT2D eigenvalue weighted by Gasteiger charge is -2.09. The molecule has 0 amide bonds. The number of hydrogen-bond donors (Lipinski definition) is 0. The van der Waals surface area contributed by atoms with Crippen LogP contribution in [0, 0.1) is 11.3 Å². The van der Waals surface area contributed by atoms with Crippen molar-refractivity contribution in [2.24, 2.45) is 0 Å². The van der Waals surface area contributed by atoms with Gasteiger partial charge in [0.2, 0.25) is 0 Å². The van der Waals surface area contributed by atoms with E-state index in [9.17, 15) is 0 Å². The molecule has 18 heavy (non-hydrogen) atoms. The first-order valence-electron chi connectivity index (χ1n) is 4.79. The van der Waals surface area contributed by atoms with Crippen LogP contribution in [-0.2, 0) is 0 Å². The summed E-state index contributed by atoms with van der Waals surface area (Å²) in [4.78, 5) is 3.80. The quantitative estimate of drug-likeness (QED) is 0.755. The predicted octanol–water partition coefficient (Wildman–Crippen LogP) is 4.71. The summed E-state index contributed by atoms with van der Waals surface area (Å²) in [6, 6.07) is 8.26. The smallest absolute Gasteiger partial charge is 0.150 e.